The molecule has 0 saturated heterocycles. The lowest BCUT2D eigenvalue weighted by Crippen LogP contribution is -2.15. The molecule has 0 aliphatic carbocycles. The standard InChI is InChI=1S/C21H21NO4S/c1-14-11-19(15(2)22(14)12-18-5-4-10-27-18)20(23)13-26-21(24)16-6-8-17(25-3)9-7-16/h4-11H,12-13H2,1-3H3. The summed E-state index contributed by atoms with van der Waals surface area (Å²) in [6.07, 6.45) is 0. The van der Waals surface area contributed by atoms with Gasteiger partial charge in [0.15, 0.2) is 6.61 Å². The van der Waals surface area contributed by atoms with Gasteiger partial charge in [-0.15, -0.1) is 11.3 Å². The number of thiophene rings is 1. The van der Waals surface area contributed by atoms with Crippen molar-refractivity contribution in [3.05, 3.63) is 75.2 Å². The number of esters is 1. The van der Waals surface area contributed by atoms with E-state index in [0.717, 1.165) is 17.9 Å². The van der Waals surface area contributed by atoms with Crippen LogP contribution in [0.5, 0.6) is 5.75 Å². The van der Waals surface area contributed by atoms with Crippen molar-refractivity contribution >= 4 is 23.1 Å². The first kappa shape index (κ1) is 18.9. The maximum absolute atomic E-state index is 12.6. The zero-order chi connectivity index (χ0) is 19.4. The number of ether oxygens (including phenoxy) is 2. The molecular weight excluding hydrogens is 362 g/mol. The summed E-state index contributed by atoms with van der Waals surface area (Å²) in [4.78, 5) is 25.9. The molecule has 0 aliphatic heterocycles. The Hall–Kier alpha value is -2.86. The summed E-state index contributed by atoms with van der Waals surface area (Å²) in [6.45, 7) is 4.34. The summed E-state index contributed by atoms with van der Waals surface area (Å²) in [6, 6.07) is 12.5. The molecule has 140 valence electrons. The average Bonchev–Trinajstić information content (AvgIpc) is 3.29. The number of nitrogens with zero attached hydrogens (tertiary/aromatic N) is 1. The molecule has 0 unspecified atom stereocenters. The number of hydrogen-bond acceptors (Lipinski definition) is 5. The molecule has 0 bridgehead atoms. The minimum atomic E-state index is -0.529. The molecule has 0 fully saturated rings. The van der Waals surface area contributed by atoms with Gasteiger partial charge in [0.2, 0.25) is 5.78 Å². The zero-order valence-corrected chi connectivity index (χ0v) is 16.3. The van der Waals surface area contributed by atoms with Gasteiger partial charge in [-0.05, 0) is 55.6 Å². The number of rotatable bonds is 7. The number of benzene rings is 1. The Bertz CT molecular complexity index is 939. The van der Waals surface area contributed by atoms with E-state index in [-0.39, 0.29) is 12.4 Å². The predicted molar refractivity (Wildman–Crippen MR) is 105 cm³/mol. The summed E-state index contributed by atoms with van der Waals surface area (Å²) in [5, 5.41) is 2.04. The Morgan fingerprint density at radius 2 is 1.85 bits per heavy atom. The molecule has 0 atom stereocenters. The van der Waals surface area contributed by atoms with Crippen LogP contribution in [0.2, 0.25) is 0 Å². The average molecular weight is 383 g/mol. The van der Waals surface area contributed by atoms with Crippen molar-refractivity contribution < 1.29 is 19.1 Å². The quantitative estimate of drug-likeness (QED) is 0.452. The number of ketones is 1. The largest absolute Gasteiger partial charge is 0.497 e. The second-order valence-electron chi connectivity index (χ2n) is 6.18. The van der Waals surface area contributed by atoms with Crippen LogP contribution in [-0.2, 0) is 11.3 Å². The van der Waals surface area contributed by atoms with Gasteiger partial charge in [-0.2, -0.15) is 0 Å². The molecule has 3 aromatic rings. The number of carbonyl (C=O) groups excluding carboxylic acids is 2. The first-order valence-corrected chi connectivity index (χ1v) is 9.41. The maximum atomic E-state index is 12.6. The van der Waals surface area contributed by atoms with Gasteiger partial charge in [0, 0.05) is 21.8 Å². The van der Waals surface area contributed by atoms with Crippen molar-refractivity contribution in [1.29, 1.82) is 0 Å². The van der Waals surface area contributed by atoms with Crippen molar-refractivity contribution in [3.63, 3.8) is 0 Å². The first-order valence-electron chi connectivity index (χ1n) is 8.53. The van der Waals surface area contributed by atoms with E-state index in [0.29, 0.717) is 16.9 Å². The van der Waals surface area contributed by atoms with Crippen molar-refractivity contribution in [2.75, 3.05) is 13.7 Å². The smallest absolute Gasteiger partial charge is 0.338 e. The molecule has 3 rings (SSSR count). The van der Waals surface area contributed by atoms with Crippen LogP contribution in [0.1, 0.15) is 37.0 Å². The van der Waals surface area contributed by atoms with Crippen molar-refractivity contribution in [2.45, 2.75) is 20.4 Å². The van der Waals surface area contributed by atoms with Crippen molar-refractivity contribution in [2.24, 2.45) is 0 Å². The fraction of sp³-hybridized carbons (Fsp3) is 0.238. The van der Waals surface area contributed by atoms with E-state index in [1.807, 2.05) is 31.4 Å². The Morgan fingerprint density at radius 3 is 2.48 bits per heavy atom. The van der Waals surface area contributed by atoms with E-state index in [2.05, 4.69) is 10.6 Å². The molecule has 2 aromatic heterocycles. The molecule has 27 heavy (non-hydrogen) atoms. The number of Topliss-reactive ketones (excluding diaryl/α,β-unsaturated/α-hetero) is 1. The Morgan fingerprint density at radius 1 is 1.11 bits per heavy atom. The van der Waals surface area contributed by atoms with Crippen LogP contribution in [0.4, 0.5) is 0 Å². The van der Waals surface area contributed by atoms with Gasteiger partial charge in [0.1, 0.15) is 5.75 Å². The van der Waals surface area contributed by atoms with E-state index >= 15 is 0 Å². The topological polar surface area (TPSA) is 57.5 Å². The second kappa shape index (κ2) is 8.22. The van der Waals surface area contributed by atoms with Crippen molar-refractivity contribution in [3.8, 4) is 5.75 Å². The summed E-state index contributed by atoms with van der Waals surface area (Å²) >= 11 is 1.68. The molecule has 0 aliphatic rings. The molecule has 0 radical (unpaired) electrons. The van der Waals surface area contributed by atoms with Crippen LogP contribution in [0.3, 0.4) is 0 Å². The molecule has 0 amide bonds. The lowest BCUT2D eigenvalue weighted by atomic mass is 10.1. The fourth-order valence-corrected chi connectivity index (χ4v) is 3.60. The van der Waals surface area contributed by atoms with Gasteiger partial charge in [-0.1, -0.05) is 6.07 Å². The Balaban J connectivity index is 1.66. The minimum Gasteiger partial charge on any atom is -0.497 e. The summed E-state index contributed by atoms with van der Waals surface area (Å²) in [5.41, 5.74) is 2.86. The summed E-state index contributed by atoms with van der Waals surface area (Å²) < 4.78 is 12.4. The number of aromatic nitrogens is 1. The fourth-order valence-electron chi connectivity index (χ4n) is 2.90. The monoisotopic (exact) mass is 383 g/mol. The van der Waals surface area contributed by atoms with Crippen LogP contribution in [0, 0.1) is 13.8 Å². The summed E-state index contributed by atoms with van der Waals surface area (Å²) in [7, 11) is 1.56. The summed E-state index contributed by atoms with van der Waals surface area (Å²) in [5.74, 6) is -0.0819. The molecule has 0 saturated carbocycles. The number of aryl methyl sites for hydroxylation is 1. The van der Waals surface area contributed by atoms with Crippen LogP contribution in [0.25, 0.3) is 0 Å². The third-order valence-corrected chi connectivity index (χ3v) is 5.29. The molecular formula is C21H21NO4S. The van der Waals surface area contributed by atoms with Gasteiger partial charge < -0.3 is 14.0 Å². The normalized spacial score (nSPS) is 10.6. The number of methoxy groups -OCH3 is 1. The molecule has 5 nitrogen and oxygen atoms in total. The molecule has 2 heterocycles. The van der Waals surface area contributed by atoms with E-state index in [1.54, 1.807) is 42.7 Å². The van der Waals surface area contributed by atoms with Crippen LogP contribution in [-0.4, -0.2) is 30.0 Å². The van der Waals surface area contributed by atoms with Crippen molar-refractivity contribution in [1.82, 2.24) is 4.57 Å². The SMILES string of the molecule is COc1ccc(C(=O)OCC(=O)c2cc(C)n(Cc3cccs3)c2C)cc1. The van der Waals surface area contributed by atoms with Gasteiger partial charge in [0.25, 0.3) is 0 Å². The zero-order valence-electron chi connectivity index (χ0n) is 15.5. The lowest BCUT2D eigenvalue weighted by Gasteiger charge is -2.08. The molecule has 0 spiro atoms. The van der Waals surface area contributed by atoms with E-state index in [1.165, 1.54) is 4.88 Å². The van der Waals surface area contributed by atoms with E-state index in [9.17, 15) is 9.59 Å². The van der Waals surface area contributed by atoms with E-state index in [4.69, 9.17) is 9.47 Å². The third-order valence-electron chi connectivity index (χ3n) is 4.43. The number of hydrogen-bond donors (Lipinski definition) is 0. The van der Waals surface area contributed by atoms with Gasteiger partial charge >= 0.3 is 5.97 Å². The van der Waals surface area contributed by atoms with Gasteiger partial charge in [0.05, 0.1) is 19.2 Å². The maximum Gasteiger partial charge on any atom is 0.338 e. The highest BCUT2D eigenvalue weighted by molar-refractivity contribution is 7.09. The highest BCUT2D eigenvalue weighted by Crippen LogP contribution is 2.20. The molecule has 6 heteroatoms. The van der Waals surface area contributed by atoms with Crippen LogP contribution < -0.4 is 4.74 Å². The second-order valence-corrected chi connectivity index (χ2v) is 7.21. The van der Waals surface area contributed by atoms with Crippen LogP contribution >= 0.6 is 11.3 Å². The van der Waals surface area contributed by atoms with Crippen LogP contribution in [0.15, 0.2) is 47.8 Å². The van der Waals surface area contributed by atoms with E-state index < -0.39 is 5.97 Å². The number of carbonyl (C=O) groups is 2. The Labute approximate surface area is 162 Å². The highest BCUT2D eigenvalue weighted by Gasteiger charge is 2.18. The first-order chi connectivity index (χ1) is 13.0. The highest BCUT2D eigenvalue weighted by atomic mass is 32.1. The van der Waals surface area contributed by atoms with Gasteiger partial charge in [-0.25, -0.2) is 4.79 Å². The van der Waals surface area contributed by atoms with Gasteiger partial charge in [-0.3, -0.25) is 4.79 Å². The molecule has 0 N–H and O–H groups in total. The minimum absolute atomic E-state index is 0.206. The third kappa shape index (κ3) is 4.28. The molecule has 1 aromatic carbocycles. The predicted octanol–water partition coefficient (Wildman–Crippen LogP) is 4.26. The Kier molecular flexibility index (Phi) is 5.76. The lowest BCUT2D eigenvalue weighted by molar-refractivity contribution is 0.0474.